The van der Waals surface area contributed by atoms with Crippen molar-refractivity contribution in [2.45, 2.75) is 38.0 Å². The van der Waals surface area contributed by atoms with Crippen LogP contribution in [-0.2, 0) is 6.42 Å². The Labute approximate surface area is 118 Å². The van der Waals surface area contributed by atoms with E-state index in [0.717, 1.165) is 13.0 Å². The molecule has 0 amide bonds. The molecule has 2 rings (SSSR count). The largest absolute Gasteiger partial charge is 0.390 e. The first-order valence-electron chi connectivity index (χ1n) is 7.02. The fourth-order valence-electron chi connectivity index (χ4n) is 2.66. The van der Waals surface area contributed by atoms with Gasteiger partial charge < -0.3 is 5.32 Å². The van der Waals surface area contributed by atoms with Crippen LogP contribution in [0.25, 0.3) is 0 Å². The lowest BCUT2D eigenvalue weighted by atomic mass is 10.0. The summed E-state index contributed by atoms with van der Waals surface area (Å²) in [6, 6.07) is 10.3. The number of nitrogens with one attached hydrogen (secondary N) is 1. The third kappa shape index (κ3) is 4.80. The van der Waals surface area contributed by atoms with Gasteiger partial charge in [-0.05, 0) is 18.9 Å². The van der Waals surface area contributed by atoms with E-state index in [1.54, 1.807) is 0 Å². The van der Waals surface area contributed by atoms with Gasteiger partial charge in [0.1, 0.15) is 0 Å². The molecule has 1 saturated heterocycles. The van der Waals surface area contributed by atoms with Crippen LogP contribution in [0.15, 0.2) is 30.3 Å². The summed E-state index contributed by atoms with van der Waals surface area (Å²) in [6.45, 7) is 3.52. The van der Waals surface area contributed by atoms with Crippen molar-refractivity contribution in [2.24, 2.45) is 0 Å². The monoisotopic (exact) mass is 286 g/mol. The average molecular weight is 286 g/mol. The van der Waals surface area contributed by atoms with Gasteiger partial charge in [0.25, 0.3) is 0 Å². The van der Waals surface area contributed by atoms with Gasteiger partial charge in [-0.25, -0.2) is 0 Å². The molecule has 2 unspecified atom stereocenters. The Morgan fingerprint density at radius 3 is 2.60 bits per heavy atom. The molecular formula is C15H21F3N2. The summed E-state index contributed by atoms with van der Waals surface area (Å²) >= 11 is 0. The third-order valence-corrected chi connectivity index (χ3v) is 3.72. The molecule has 0 saturated carbocycles. The highest BCUT2D eigenvalue weighted by Crippen LogP contribution is 2.22. The normalized spacial score (nSPS) is 24.8. The molecule has 1 aliphatic rings. The fraction of sp³-hybridized carbons (Fsp3) is 0.600. The predicted octanol–water partition coefficient (Wildman–Crippen LogP) is 2.84. The Morgan fingerprint density at radius 1 is 1.25 bits per heavy atom. The number of halogens is 3. The highest BCUT2D eigenvalue weighted by Gasteiger charge is 2.32. The van der Waals surface area contributed by atoms with Crippen molar-refractivity contribution in [3.63, 3.8) is 0 Å². The summed E-state index contributed by atoms with van der Waals surface area (Å²) in [6.07, 6.45) is -4.02. The van der Waals surface area contributed by atoms with Crippen LogP contribution < -0.4 is 5.32 Å². The topological polar surface area (TPSA) is 15.3 Å². The molecule has 5 heteroatoms. The minimum atomic E-state index is -4.08. The van der Waals surface area contributed by atoms with E-state index in [9.17, 15) is 13.2 Å². The van der Waals surface area contributed by atoms with Crippen molar-refractivity contribution in [3.8, 4) is 0 Å². The van der Waals surface area contributed by atoms with Gasteiger partial charge in [0.05, 0.1) is 6.42 Å². The highest BCUT2D eigenvalue weighted by atomic mass is 19.4. The molecule has 1 aromatic rings. The van der Waals surface area contributed by atoms with E-state index in [2.05, 4.69) is 5.32 Å². The standard InChI is InChI=1S/C15H21F3N2/c1-12-11-20(8-7-15(16,17)18)14(10-19-12)9-13-5-3-2-4-6-13/h2-6,12,14,19H,7-11H2,1H3. The van der Waals surface area contributed by atoms with Gasteiger partial charge in [-0.15, -0.1) is 0 Å². The Morgan fingerprint density at radius 2 is 1.95 bits per heavy atom. The Kier molecular flexibility index (Phi) is 5.05. The molecule has 1 fully saturated rings. The molecule has 0 spiro atoms. The minimum Gasteiger partial charge on any atom is -0.311 e. The maximum Gasteiger partial charge on any atom is 0.390 e. The van der Waals surface area contributed by atoms with E-state index in [1.807, 2.05) is 42.2 Å². The van der Waals surface area contributed by atoms with Crippen molar-refractivity contribution in [1.82, 2.24) is 10.2 Å². The number of benzene rings is 1. The zero-order chi connectivity index (χ0) is 14.6. The molecule has 2 nitrogen and oxygen atoms in total. The molecule has 0 bridgehead atoms. The second-order valence-corrected chi connectivity index (χ2v) is 5.51. The van der Waals surface area contributed by atoms with E-state index in [0.29, 0.717) is 6.54 Å². The summed E-state index contributed by atoms with van der Waals surface area (Å²) < 4.78 is 37.3. The summed E-state index contributed by atoms with van der Waals surface area (Å²) in [5.41, 5.74) is 1.17. The van der Waals surface area contributed by atoms with Gasteiger partial charge in [-0.2, -0.15) is 13.2 Å². The smallest absolute Gasteiger partial charge is 0.311 e. The van der Waals surface area contributed by atoms with Gasteiger partial charge in [-0.1, -0.05) is 30.3 Å². The highest BCUT2D eigenvalue weighted by molar-refractivity contribution is 5.16. The maximum absolute atomic E-state index is 12.4. The van der Waals surface area contributed by atoms with Gasteiger partial charge in [-0.3, -0.25) is 4.90 Å². The number of hydrogen-bond donors (Lipinski definition) is 1. The number of nitrogens with zero attached hydrogens (tertiary/aromatic N) is 1. The average Bonchev–Trinajstić information content (AvgIpc) is 2.39. The Bertz CT molecular complexity index is 405. The molecule has 1 aliphatic heterocycles. The lowest BCUT2D eigenvalue weighted by Gasteiger charge is -2.39. The van der Waals surface area contributed by atoms with Crippen molar-refractivity contribution >= 4 is 0 Å². The summed E-state index contributed by atoms with van der Waals surface area (Å²) in [7, 11) is 0. The van der Waals surface area contributed by atoms with E-state index in [1.165, 1.54) is 5.56 Å². The van der Waals surface area contributed by atoms with Crippen LogP contribution in [0, 0.1) is 0 Å². The van der Waals surface area contributed by atoms with Crippen molar-refractivity contribution in [2.75, 3.05) is 19.6 Å². The molecule has 0 aromatic heterocycles. The van der Waals surface area contributed by atoms with Crippen molar-refractivity contribution in [1.29, 1.82) is 0 Å². The molecule has 0 aliphatic carbocycles. The first-order valence-corrected chi connectivity index (χ1v) is 7.02. The number of piperazine rings is 1. The van der Waals surface area contributed by atoms with Crippen LogP contribution in [0.4, 0.5) is 13.2 Å². The second kappa shape index (κ2) is 6.59. The van der Waals surface area contributed by atoms with Crippen LogP contribution in [-0.4, -0.2) is 42.8 Å². The molecule has 1 aromatic carbocycles. The minimum absolute atomic E-state index is 0.0903. The van der Waals surface area contributed by atoms with Crippen molar-refractivity contribution in [3.05, 3.63) is 35.9 Å². The van der Waals surface area contributed by atoms with Gasteiger partial charge in [0.15, 0.2) is 0 Å². The maximum atomic E-state index is 12.4. The first-order chi connectivity index (χ1) is 9.44. The summed E-state index contributed by atoms with van der Waals surface area (Å²) in [5, 5.41) is 3.36. The van der Waals surface area contributed by atoms with Crippen LogP contribution in [0.3, 0.4) is 0 Å². The number of rotatable bonds is 4. The molecule has 0 radical (unpaired) electrons. The van der Waals surface area contributed by atoms with Crippen LogP contribution >= 0.6 is 0 Å². The SMILES string of the molecule is CC1CN(CCC(F)(F)F)C(Cc2ccccc2)CN1. The molecule has 1 N–H and O–H groups in total. The Balaban J connectivity index is 1.97. The molecular weight excluding hydrogens is 265 g/mol. The lowest BCUT2D eigenvalue weighted by molar-refractivity contribution is -0.139. The zero-order valence-corrected chi connectivity index (χ0v) is 11.7. The summed E-state index contributed by atoms with van der Waals surface area (Å²) in [5.74, 6) is 0. The molecule has 20 heavy (non-hydrogen) atoms. The molecule has 112 valence electrons. The van der Waals surface area contributed by atoms with Crippen LogP contribution in [0.5, 0.6) is 0 Å². The van der Waals surface area contributed by atoms with Crippen LogP contribution in [0.1, 0.15) is 18.9 Å². The zero-order valence-electron chi connectivity index (χ0n) is 11.7. The van der Waals surface area contributed by atoms with Gasteiger partial charge in [0.2, 0.25) is 0 Å². The van der Waals surface area contributed by atoms with E-state index >= 15 is 0 Å². The Hall–Kier alpha value is -1.07. The second-order valence-electron chi connectivity index (χ2n) is 5.51. The molecule has 1 heterocycles. The van der Waals surface area contributed by atoms with Gasteiger partial charge in [0, 0.05) is 31.7 Å². The van der Waals surface area contributed by atoms with E-state index in [-0.39, 0.29) is 18.6 Å². The lowest BCUT2D eigenvalue weighted by Crippen LogP contribution is -2.56. The van der Waals surface area contributed by atoms with Crippen LogP contribution in [0.2, 0.25) is 0 Å². The number of hydrogen-bond acceptors (Lipinski definition) is 2. The first kappa shape index (κ1) is 15.3. The quantitative estimate of drug-likeness (QED) is 0.915. The van der Waals surface area contributed by atoms with Crippen molar-refractivity contribution < 1.29 is 13.2 Å². The number of alkyl halides is 3. The molecule has 2 atom stereocenters. The predicted molar refractivity (Wildman–Crippen MR) is 73.6 cm³/mol. The summed E-state index contributed by atoms with van der Waals surface area (Å²) in [4.78, 5) is 1.97. The fourth-order valence-corrected chi connectivity index (χ4v) is 2.66. The van der Waals surface area contributed by atoms with E-state index < -0.39 is 12.6 Å². The van der Waals surface area contributed by atoms with E-state index in [4.69, 9.17) is 0 Å². The third-order valence-electron chi connectivity index (χ3n) is 3.72. The van der Waals surface area contributed by atoms with Gasteiger partial charge >= 0.3 is 6.18 Å².